The number of benzene rings is 1. The predicted molar refractivity (Wildman–Crippen MR) is 94.3 cm³/mol. The molecular formula is C18H15F2N3O6. The first-order chi connectivity index (χ1) is 13.8. The van der Waals surface area contributed by atoms with E-state index in [9.17, 15) is 28.3 Å². The van der Waals surface area contributed by atoms with Gasteiger partial charge in [0.25, 0.3) is 5.56 Å². The first-order valence-corrected chi connectivity index (χ1v) is 8.25. The highest BCUT2D eigenvalue weighted by molar-refractivity contribution is 5.96. The van der Waals surface area contributed by atoms with Gasteiger partial charge in [0, 0.05) is 12.4 Å². The molecule has 0 saturated heterocycles. The third-order valence-electron chi connectivity index (χ3n) is 4.18. The summed E-state index contributed by atoms with van der Waals surface area (Å²) in [5.74, 6) is -2.12. The Bertz CT molecular complexity index is 1080. The van der Waals surface area contributed by atoms with Gasteiger partial charge in [-0.15, -0.1) is 0 Å². The Balaban J connectivity index is 2.17. The van der Waals surface area contributed by atoms with Crippen LogP contribution < -0.4 is 10.3 Å². The number of ether oxygens (including phenoxy) is 2. The largest absolute Gasteiger partial charge is 0.481 e. The summed E-state index contributed by atoms with van der Waals surface area (Å²) in [7, 11) is 1.15. The number of aliphatic carboxylic acids is 1. The standard InChI is InChI=1S/C18H15F2N3O6/c1-28-17(27)12-8-23(7-11-15(12)21-22-16(11)26)13(6-14(24)25)9-3-2-4-10(5-9)29-18(19)20/h2-5,7-8,13,18H,6H2,1H3,(H,22,26)(H,24,25). The summed E-state index contributed by atoms with van der Waals surface area (Å²) in [6.07, 6.45) is 2.17. The minimum absolute atomic E-state index is 0.0447. The second kappa shape index (κ2) is 8.09. The number of H-pyrrole nitrogens is 1. The Labute approximate surface area is 161 Å². The number of rotatable bonds is 7. The van der Waals surface area contributed by atoms with E-state index in [0.717, 1.165) is 7.11 Å². The molecular weight excluding hydrogens is 392 g/mol. The normalized spacial score (nSPS) is 12.1. The Hall–Kier alpha value is -3.76. The van der Waals surface area contributed by atoms with E-state index in [4.69, 9.17) is 4.74 Å². The number of nitrogens with zero attached hydrogens (tertiary/aromatic N) is 2. The van der Waals surface area contributed by atoms with Gasteiger partial charge in [-0.05, 0) is 17.7 Å². The molecule has 9 nitrogen and oxygen atoms in total. The first kappa shape index (κ1) is 20.0. The van der Waals surface area contributed by atoms with Crippen LogP contribution in [0, 0.1) is 0 Å². The molecule has 11 heteroatoms. The summed E-state index contributed by atoms with van der Waals surface area (Å²) in [5.41, 5.74) is -0.200. The van der Waals surface area contributed by atoms with Crippen molar-refractivity contribution >= 4 is 11.9 Å². The number of halogens is 2. The Kier molecular flexibility index (Phi) is 5.57. The third-order valence-corrected chi connectivity index (χ3v) is 4.18. The number of alkyl halides is 2. The molecule has 29 heavy (non-hydrogen) atoms. The van der Waals surface area contributed by atoms with E-state index in [0.29, 0.717) is 5.56 Å². The summed E-state index contributed by atoms with van der Waals surface area (Å²) < 4.78 is 35.5. The van der Waals surface area contributed by atoms with Gasteiger partial charge in [0.05, 0.1) is 25.1 Å². The first-order valence-electron chi connectivity index (χ1n) is 8.25. The van der Waals surface area contributed by atoms with E-state index in [2.05, 4.69) is 14.9 Å². The number of fused-ring (bicyclic) bond motifs is 1. The van der Waals surface area contributed by atoms with Crippen molar-refractivity contribution < 1.29 is 33.0 Å². The molecule has 1 aromatic carbocycles. The number of carbonyl (C=O) groups is 2. The molecule has 0 spiro atoms. The van der Waals surface area contributed by atoms with Crippen LogP contribution >= 0.6 is 0 Å². The van der Waals surface area contributed by atoms with Crippen molar-refractivity contribution in [2.45, 2.75) is 19.1 Å². The highest BCUT2D eigenvalue weighted by atomic mass is 19.3. The fraction of sp³-hybridized carbons (Fsp3) is 0.222. The molecule has 3 rings (SSSR count). The van der Waals surface area contributed by atoms with E-state index in [1.807, 2.05) is 0 Å². The van der Waals surface area contributed by atoms with Gasteiger partial charge in [-0.3, -0.25) is 9.59 Å². The molecule has 1 atom stereocenters. The number of carboxylic acids is 1. The fourth-order valence-electron chi connectivity index (χ4n) is 2.95. The van der Waals surface area contributed by atoms with Crippen molar-refractivity contribution in [1.29, 1.82) is 0 Å². The van der Waals surface area contributed by atoms with Crippen molar-refractivity contribution in [1.82, 2.24) is 14.8 Å². The van der Waals surface area contributed by atoms with Crippen molar-refractivity contribution in [3.63, 3.8) is 0 Å². The van der Waals surface area contributed by atoms with Crippen molar-refractivity contribution in [2.24, 2.45) is 0 Å². The number of methoxy groups -OCH3 is 1. The predicted octanol–water partition coefficient (Wildman–Crippen LogP) is 2.13. The van der Waals surface area contributed by atoms with Crippen molar-refractivity contribution in [3.05, 3.63) is 58.1 Å². The zero-order chi connectivity index (χ0) is 21.1. The lowest BCUT2D eigenvalue weighted by molar-refractivity contribution is -0.137. The molecule has 0 aromatic heterocycles. The minimum Gasteiger partial charge on any atom is -0.481 e. The van der Waals surface area contributed by atoms with E-state index in [-0.39, 0.29) is 22.6 Å². The van der Waals surface area contributed by atoms with Crippen LogP contribution in [0.4, 0.5) is 8.78 Å². The number of esters is 1. The monoisotopic (exact) mass is 407 g/mol. The number of nitrogens with one attached hydrogen (secondary N) is 1. The Morgan fingerprint density at radius 3 is 2.72 bits per heavy atom. The molecule has 2 N–H and O–H groups in total. The van der Waals surface area contributed by atoms with Crippen LogP contribution in [0.2, 0.25) is 0 Å². The maximum absolute atomic E-state index is 12.5. The smallest absolute Gasteiger partial charge is 0.387 e. The van der Waals surface area contributed by atoms with Gasteiger partial charge < -0.3 is 19.1 Å². The fourth-order valence-corrected chi connectivity index (χ4v) is 2.95. The number of hydrogen-bond donors (Lipinski definition) is 2. The summed E-state index contributed by atoms with van der Waals surface area (Å²) in [6, 6.07) is 4.58. The van der Waals surface area contributed by atoms with Gasteiger partial charge in [0.15, 0.2) is 0 Å². The van der Waals surface area contributed by atoms with Gasteiger partial charge in [-0.25, -0.2) is 9.89 Å². The number of aromatic nitrogens is 3. The molecule has 0 fully saturated rings. The van der Waals surface area contributed by atoms with Crippen LogP contribution in [0.1, 0.15) is 28.4 Å². The Morgan fingerprint density at radius 2 is 2.07 bits per heavy atom. The summed E-state index contributed by atoms with van der Waals surface area (Å²) in [5, 5.41) is 15.4. The van der Waals surface area contributed by atoms with E-state index in [1.54, 1.807) is 0 Å². The molecule has 0 aliphatic carbocycles. The molecule has 0 amide bonds. The van der Waals surface area contributed by atoms with E-state index < -0.39 is 36.6 Å². The highest BCUT2D eigenvalue weighted by Gasteiger charge is 2.26. The molecule has 2 aliphatic heterocycles. The van der Waals surface area contributed by atoms with E-state index in [1.165, 1.54) is 41.2 Å². The topological polar surface area (TPSA) is 124 Å². The summed E-state index contributed by atoms with van der Waals surface area (Å²) in [4.78, 5) is 35.6. The molecule has 1 unspecified atom stereocenters. The summed E-state index contributed by atoms with van der Waals surface area (Å²) >= 11 is 0. The van der Waals surface area contributed by atoms with Gasteiger partial charge in [0.2, 0.25) is 0 Å². The number of pyridine rings is 1. The molecule has 0 bridgehead atoms. The Morgan fingerprint density at radius 1 is 1.31 bits per heavy atom. The number of carboxylic acid groups (broad SMARTS) is 1. The second-order valence-electron chi connectivity index (χ2n) is 5.99. The summed E-state index contributed by atoms with van der Waals surface area (Å²) in [6.45, 7) is -3.05. The number of hydrogen-bond acceptors (Lipinski definition) is 6. The molecule has 152 valence electrons. The van der Waals surface area contributed by atoms with Gasteiger partial charge in [-0.1, -0.05) is 12.1 Å². The third kappa shape index (κ3) is 4.23. The van der Waals surface area contributed by atoms with Crippen molar-refractivity contribution in [2.75, 3.05) is 7.11 Å². The number of carbonyl (C=O) groups excluding carboxylic acids is 1. The lowest BCUT2D eigenvalue weighted by Crippen LogP contribution is -2.19. The zero-order valence-corrected chi connectivity index (χ0v) is 15.0. The van der Waals surface area contributed by atoms with Crippen LogP contribution in [0.15, 0.2) is 41.5 Å². The van der Waals surface area contributed by atoms with Crippen LogP contribution in [0.5, 0.6) is 5.75 Å². The van der Waals surface area contributed by atoms with Gasteiger partial charge >= 0.3 is 18.6 Å². The average Bonchev–Trinajstić information content (AvgIpc) is 3.05. The average molecular weight is 407 g/mol. The molecule has 1 aromatic rings. The van der Waals surface area contributed by atoms with Crippen LogP contribution in [-0.4, -0.2) is 45.5 Å². The SMILES string of the molecule is COC(=O)c1cn(C(CC(=O)O)c2cccc(OC(F)F)c2)cc2c(=O)[nH]nc1-2. The zero-order valence-electron chi connectivity index (χ0n) is 15.0. The van der Waals surface area contributed by atoms with Crippen LogP contribution in [0.25, 0.3) is 11.3 Å². The van der Waals surface area contributed by atoms with E-state index >= 15 is 0 Å². The lowest BCUT2D eigenvalue weighted by atomic mass is 10.0. The molecule has 0 saturated carbocycles. The number of aromatic amines is 1. The molecule has 2 heterocycles. The van der Waals surface area contributed by atoms with Crippen LogP contribution in [-0.2, 0) is 9.53 Å². The maximum atomic E-state index is 12.5. The van der Waals surface area contributed by atoms with Crippen LogP contribution in [0.3, 0.4) is 0 Å². The minimum atomic E-state index is -3.05. The molecule has 2 aliphatic rings. The maximum Gasteiger partial charge on any atom is 0.387 e. The van der Waals surface area contributed by atoms with Gasteiger partial charge in [-0.2, -0.15) is 13.9 Å². The lowest BCUT2D eigenvalue weighted by Gasteiger charge is -2.22. The second-order valence-corrected chi connectivity index (χ2v) is 5.99. The quantitative estimate of drug-likeness (QED) is 0.575. The van der Waals surface area contributed by atoms with Gasteiger partial charge in [0.1, 0.15) is 17.0 Å². The molecule has 0 radical (unpaired) electrons. The highest BCUT2D eigenvalue weighted by Crippen LogP contribution is 2.30. The van der Waals surface area contributed by atoms with Crippen molar-refractivity contribution in [3.8, 4) is 17.0 Å².